The van der Waals surface area contributed by atoms with Gasteiger partial charge >= 0.3 is 0 Å². The van der Waals surface area contributed by atoms with E-state index >= 15 is 0 Å². The summed E-state index contributed by atoms with van der Waals surface area (Å²) in [6.45, 7) is 4.91. The fourth-order valence-electron chi connectivity index (χ4n) is 3.92. The second-order valence-electron chi connectivity index (χ2n) is 7.35. The molecular formula is C23H26N4OS. The van der Waals surface area contributed by atoms with E-state index in [1.165, 1.54) is 35.7 Å². The topological polar surface area (TPSA) is 59.8 Å². The van der Waals surface area contributed by atoms with Crippen LogP contribution >= 0.6 is 11.8 Å². The summed E-state index contributed by atoms with van der Waals surface area (Å²) in [5, 5.41) is 12.6. The van der Waals surface area contributed by atoms with Crippen LogP contribution in [0.4, 0.5) is 5.69 Å². The average molecular weight is 407 g/mol. The lowest BCUT2D eigenvalue weighted by atomic mass is 9.90. The molecule has 1 aliphatic carbocycles. The predicted molar refractivity (Wildman–Crippen MR) is 118 cm³/mol. The highest BCUT2D eigenvalue weighted by molar-refractivity contribution is 7.99. The van der Waals surface area contributed by atoms with Gasteiger partial charge in [-0.1, -0.05) is 48.2 Å². The Balaban J connectivity index is 1.46. The SMILES string of the molecule is CCn1c(SCC(=O)Nc2cccc3c2CCCC3)nnc1-c1ccccc1C. The molecular weight excluding hydrogens is 380 g/mol. The van der Waals surface area contributed by atoms with Gasteiger partial charge in [-0.05, 0) is 62.3 Å². The quantitative estimate of drug-likeness (QED) is 0.593. The van der Waals surface area contributed by atoms with Crippen molar-refractivity contribution in [3.63, 3.8) is 0 Å². The van der Waals surface area contributed by atoms with Crippen LogP contribution in [-0.4, -0.2) is 26.4 Å². The Morgan fingerprint density at radius 1 is 1.10 bits per heavy atom. The molecule has 0 atom stereocenters. The first-order valence-corrected chi connectivity index (χ1v) is 11.2. The maximum atomic E-state index is 12.6. The van der Waals surface area contributed by atoms with Gasteiger partial charge in [-0.3, -0.25) is 4.79 Å². The monoisotopic (exact) mass is 406 g/mol. The molecule has 2 aromatic carbocycles. The number of thioether (sulfide) groups is 1. The normalized spacial score (nSPS) is 13.2. The summed E-state index contributed by atoms with van der Waals surface area (Å²) >= 11 is 1.44. The summed E-state index contributed by atoms with van der Waals surface area (Å²) in [6, 6.07) is 14.4. The fraction of sp³-hybridized carbons (Fsp3) is 0.348. The van der Waals surface area contributed by atoms with E-state index in [9.17, 15) is 4.79 Å². The molecule has 0 unspecified atom stereocenters. The number of aryl methyl sites for hydroxylation is 2. The van der Waals surface area contributed by atoms with E-state index in [1.807, 2.05) is 24.3 Å². The minimum atomic E-state index is -0.00271. The third kappa shape index (κ3) is 4.22. The van der Waals surface area contributed by atoms with E-state index in [2.05, 4.69) is 52.1 Å². The average Bonchev–Trinajstić information content (AvgIpc) is 3.15. The van der Waals surface area contributed by atoms with E-state index in [0.717, 1.165) is 47.2 Å². The Hall–Kier alpha value is -2.60. The van der Waals surface area contributed by atoms with Gasteiger partial charge in [0, 0.05) is 17.8 Å². The molecule has 0 saturated heterocycles. The van der Waals surface area contributed by atoms with Crippen molar-refractivity contribution in [3.8, 4) is 11.4 Å². The van der Waals surface area contributed by atoms with Crippen molar-refractivity contribution in [1.29, 1.82) is 0 Å². The molecule has 0 aliphatic heterocycles. The van der Waals surface area contributed by atoms with E-state index < -0.39 is 0 Å². The molecule has 4 rings (SSSR count). The van der Waals surface area contributed by atoms with Gasteiger partial charge in [0.2, 0.25) is 5.91 Å². The first kappa shape index (κ1) is 19.7. The molecule has 1 aromatic heterocycles. The third-order valence-electron chi connectivity index (χ3n) is 5.42. The van der Waals surface area contributed by atoms with Crippen LogP contribution in [0, 0.1) is 6.92 Å². The first-order valence-electron chi connectivity index (χ1n) is 10.2. The summed E-state index contributed by atoms with van der Waals surface area (Å²) in [5.41, 5.74) is 5.88. The second-order valence-corrected chi connectivity index (χ2v) is 8.30. The van der Waals surface area contributed by atoms with Gasteiger partial charge in [-0.25, -0.2) is 0 Å². The van der Waals surface area contributed by atoms with Gasteiger partial charge in [-0.15, -0.1) is 10.2 Å². The van der Waals surface area contributed by atoms with Gasteiger partial charge in [0.1, 0.15) is 0 Å². The zero-order valence-electron chi connectivity index (χ0n) is 16.9. The Kier molecular flexibility index (Phi) is 6.00. The van der Waals surface area contributed by atoms with Crippen molar-refractivity contribution in [2.75, 3.05) is 11.1 Å². The molecule has 1 aliphatic rings. The Bertz CT molecular complexity index is 1030. The van der Waals surface area contributed by atoms with Crippen LogP contribution in [-0.2, 0) is 24.2 Å². The number of carbonyl (C=O) groups is 1. The lowest BCUT2D eigenvalue weighted by molar-refractivity contribution is -0.113. The number of fused-ring (bicyclic) bond motifs is 1. The molecule has 29 heavy (non-hydrogen) atoms. The smallest absolute Gasteiger partial charge is 0.234 e. The number of nitrogens with zero attached hydrogens (tertiary/aromatic N) is 3. The van der Waals surface area contributed by atoms with Crippen molar-refractivity contribution in [1.82, 2.24) is 14.8 Å². The largest absolute Gasteiger partial charge is 0.325 e. The fourth-order valence-corrected chi connectivity index (χ4v) is 4.72. The number of rotatable bonds is 6. The van der Waals surface area contributed by atoms with E-state index in [0.29, 0.717) is 5.75 Å². The second kappa shape index (κ2) is 8.82. The maximum absolute atomic E-state index is 12.6. The van der Waals surface area contributed by atoms with Crippen molar-refractivity contribution < 1.29 is 4.79 Å². The zero-order valence-corrected chi connectivity index (χ0v) is 17.8. The van der Waals surface area contributed by atoms with Crippen molar-refractivity contribution in [3.05, 3.63) is 59.2 Å². The minimum absolute atomic E-state index is 0.00271. The molecule has 5 nitrogen and oxygen atoms in total. The number of hydrogen-bond donors (Lipinski definition) is 1. The van der Waals surface area contributed by atoms with Crippen LogP contribution in [0.1, 0.15) is 36.5 Å². The van der Waals surface area contributed by atoms with Crippen LogP contribution in [0.5, 0.6) is 0 Å². The Morgan fingerprint density at radius 3 is 2.76 bits per heavy atom. The number of aromatic nitrogens is 3. The summed E-state index contributed by atoms with van der Waals surface area (Å²) < 4.78 is 2.07. The Morgan fingerprint density at radius 2 is 1.93 bits per heavy atom. The van der Waals surface area contributed by atoms with Crippen molar-refractivity contribution in [2.45, 2.75) is 51.2 Å². The highest BCUT2D eigenvalue weighted by atomic mass is 32.2. The number of hydrogen-bond acceptors (Lipinski definition) is 4. The highest BCUT2D eigenvalue weighted by Gasteiger charge is 2.17. The predicted octanol–water partition coefficient (Wildman–Crippen LogP) is 4.88. The molecule has 0 saturated carbocycles. The van der Waals surface area contributed by atoms with Gasteiger partial charge in [0.05, 0.1) is 5.75 Å². The van der Waals surface area contributed by atoms with Gasteiger partial charge in [0.25, 0.3) is 0 Å². The molecule has 0 radical (unpaired) electrons. The van der Waals surface area contributed by atoms with Crippen molar-refractivity contribution >= 4 is 23.4 Å². The number of anilines is 1. The first-order chi connectivity index (χ1) is 14.2. The van der Waals surface area contributed by atoms with Crippen molar-refractivity contribution in [2.24, 2.45) is 0 Å². The molecule has 6 heteroatoms. The Labute approximate surface area is 175 Å². The molecule has 150 valence electrons. The van der Waals surface area contributed by atoms with Gasteiger partial charge in [-0.2, -0.15) is 0 Å². The van der Waals surface area contributed by atoms with Crippen LogP contribution in [0.15, 0.2) is 47.6 Å². The molecule has 3 aromatic rings. The van der Waals surface area contributed by atoms with E-state index in [4.69, 9.17) is 0 Å². The molecule has 0 spiro atoms. The lowest BCUT2D eigenvalue weighted by Gasteiger charge is -2.19. The maximum Gasteiger partial charge on any atom is 0.234 e. The van der Waals surface area contributed by atoms with E-state index in [1.54, 1.807) is 0 Å². The van der Waals surface area contributed by atoms with Gasteiger partial charge < -0.3 is 9.88 Å². The lowest BCUT2D eigenvalue weighted by Crippen LogP contribution is -2.17. The standard InChI is InChI=1S/C23H26N4OS/c1-3-27-22(18-12-6-4-9-16(18)2)25-26-23(27)29-15-21(28)24-20-14-8-11-17-10-5-7-13-19(17)20/h4,6,8-9,11-12,14H,3,5,7,10,13,15H2,1-2H3,(H,24,28). The van der Waals surface area contributed by atoms with E-state index in [-0.39, 0.29) is 5.91 Å². The zero-order chi connectivity index (χ0) is 20.2. The number of amides is 1. The molecule has 1 amide bonds. The summed E-state index contributed by atoms with van der Waals surface area (Å²) in [4.78, 5) is 12.6. The number of benzene rings is 2. The third-order valence-corrected chi connectivity index (χ3v) is 6.39. The molecule has 1 N–H and O–H groups in total. The summed E-state index contributed by atoms with van der Waals surface area (Å²) in [6.07, 6.45) is 4.57. The number of nitrogens with one attached hydrogen (secondary N) is 1. The van der Waals surface area contributed by atoms with Crippen LogP contribution in [0.3, 0.4) is 0 Å². The van der Waals surface area contributed by atoms with Crippen LogP contribution in [0.2, 0.25) is 0 Å². The summed E-state index contributed by atoms with van der Waals surface area (Å²) in [7, 11) is 0. The number of carbonyl (C=O) groups excluding carboxylic acids is 1. The molecule has 1 heterocycles. The van der Waals surface area contributed by atoms with Gasteiger partial charge in [0.15, 0.2) is 11.0 Å². The van der Waals surface area contributed by atoms with Crippen LogP contribution in [0.25, 0.3) is 11.4 Å². The van der Waals surface area contributed by atoms with Crippen LogP contribution < -0.4 is 5.32 Å². The molecule has 0 fully saturated rings. The molecule has 0 bridgehead atoms. The highest BCUT2D eigenvalue weighted by Crippen LogP contribution is 2.29. The summed E-state index contributed by atoms with van der Waals surface area (Å²) in [5.74, 6) is 1.16. The minimum Gasteiger partial charge on any atom is -0.325 e.